The van der Waals surface area contributed by atoms with Crippen molar-refractivity contribution < 1.29 is 4.74 Å². The van der Waals surface area contributed by atoms with Crippen molar-refractivity contribution in [2.24, 2.45) is 0 Å². The summed E-state index contributed by atoms with van der Waals surface area (Å²) in [5, 5.41) is 15.0. The van der Waals surface area contributed by atoms with Crippen LogP contribution in [0, 0.1) is 0 Å². The Bertz CT molecular complexity index is 1130. The van der Waals surface area contributed by atoms with Gasteiger partial charge >= 0.3 is 0 Å². The van der Waals surface area contributed by atoms with E-state index in [4.69, 9.17) is 4.74 Å². The number of methoxy groups -OCH3 is 1. The molecular weight excluding hydrogens is 352 g/mol. The lowest BCUT2D eigenvalue weighted by molar-refractivity contribution is 0.415. The van der Waals surface area contributed by atoms with Crippen LogP contribution in [0.1, 0.15) is 24.5 Å². The summed E-state index contributed by atoms with van der Waals surface area (Å²) in [6.45, 7) is 0. The number of hydrogen-bond donors (Lipinski definition) is 3. The number of nitrogens with one attached hydrogen (secondary N) is 3. The van der Waals surface area contributed by atoms with Gasteiger partial charge in [0.15, 0.2) is 5.82 Å². The monoisotopic (exact) mass is 372 g/mol. The molecule has 0 saturated heterocycles. The minimum absolute atomic E-state index is 0.507. The van der Waals surface area contributed by atoms with E-state index in [2.05, 4.69) is 36.9 Å². The third-order valence-corrected chi connectivity index (χ3v) is 4.79. The maximum atomic E-state index is 5.29. The number of hydrogen-bond acceptors (Lipinski definition) is 6. The average Bonchev–Trinajstić information content (AvgIpc) is 3.47. The highest BCUT2D eigenvalue weighted by Gasteiger charge is 2.25. The highest BCUT2D eigenvalue weighted by molar-refractivity contribution is 5.91. The molecule has 28 heavy (non-hydrogen) atoms. The van der Waals surface area contributed by atoms with E-state index in [-0.39, 0.29) is 0 Å². The number of aromatic amines is 1. The van der Waals surface area contributed by atoms with E-state index in [0.29, 0.717) is 17.7 Å². The summed E-state index contributed by atoms with van der Waals surface area (Å²) in [6.07, 6.45) is 2.46. The molecule has 4 aromatic rings. The molecule has 0 bridgehead atoms. The van der Waals surface area contributed by atoms with Crippen LogP contribution < -0.4 is 15.4 Å². The van der Waals surface area contributed by atoms with Gasteiger partial charge in [0.05, 0.1) is 12.6 Å². The van der Waals surface area contributed by atoms with Crippen molar-refractivity contribution in [3.63, 3.8) is 0 Å². The molecule has 0 unspecified atom stereocenters. The predicted molar refractivity (Wildman–Crippen MR) is 110 cm³/mol. The van der Waals surface area contributed by atoms with Gasteiger partial charge in [-0.3, -0.25) is 5.10 Å². The molecule has 1 saturated carbocycles. The second-order valence-corrected chi connectivity index (χ2v) is 6.88. The Morgan fingerprint density at radius 3 is 2.75 bits per heavy atom. The lowest BCUT2D eigenvalue weighted by Crippen LogP contribution is -2.02. The molecule has 7 heteroatoms. The first kappa shape index (κ1) is 16.6. The summed E-state index contributed by atoms with van der Waals surface area (Å²) >= 11 is 0. The predicted octanol–water partition coefficient (Wildman–Crippen LogP) is 4.73. The fourth-order valence-electron chi connectivity index (χ4n) is 3.18. The number of rotatable bonds is 6. The molecule has 1 fully saturated rings. The van der Waals surface area contributed by atoms with Gasteiger partial charge in [0.1, 0.15) is 11.6 Å². The molecule has 7 nitrogen and oxygen atoms in total. The number of H-pyrrole nitrogens is 1. The average molecular weight is 372 g/mol. The number of fused-ring (bicyclic) bond motifs is 1. The van der Waals surface area contributed by atoms with Crippen LogP contribution in [-0.4, -0.2) is 27.3 Å². The summed E-state index contributed by atoms with van der Waals surface area (Å²) in [4.78, 5) is 9.33. The Hall–Kier alpha value is -3.61. The van der Waals surface area contributed by atoms with E-state index in [1.807, 2.05) is 48.5 Å². The van der Waals surface area contributed by atoms with Crippen molar-refractivity contribution in [3.05, 3.63) is 60.3 Å². The number of nitrogens with zero attached hydrogens (tertiary/aromatic N) is 3. The number of ether oxygens (including phenoxy) is 1. The fraction of sp³-hybridized carbons (Fsp3) is 0.190. The van der Waals surface area contributed by atoms with Crippen LogP contribution in [0.5, 0.6) is 5.75 Å². The van der Waals surface area contributed by atoms with Crippen LogP contribution in [0.25, 0.3) is 10.9 Å². The Balaban J connectivity index is 1.49. The second kappa shape index (κ2) is 6.84. The normalized spacial score (nSPS) is 13.5. The molecule has 2 heterocycles. The number of anilines is 4. The minimum Gasteiger partial charge on any atom is -0.497 e. The van der Waals surface area contributed by atoms with E-state index in [9.17, 15) is 0 Å². The largest absolute Gasteiger partial charge is 0.497 e. The molecule has 0 spiro atoms. The molecule has 2 aromatic carbocycles. The van der Waals surface area contributed by atoms with Crippen LogP contribution in [-0.2, 0) is 0 Å². The molecule has 0 amide bonds. The second-order valence-electron chi connectivity index (χ2n) is 6.88. The van der Waals surface area contributed by atoms with Gasteiger partial charge < -0.3 is 15.4 Å². The molecule has 3 N–H and O–H groups in total. The fourth-order valence-corrected chi connectivity index (χ4v) is 3.18. The van der Waals surface area contributed by atoms with Gasteiger partial charge in [0, 0.05) is 34.8 Å². The van der Waals surface area contributed by atoms with E-state index in [1.54, 1.807) is 7.11 Å². The van der Waals surface area contributed by atoms with Gasteiger partial charge in [-0.15, -0.1) is 0 Å². The van der Waals surface area contributed by atoms with Crippen molar-refractivity contribution >= 4 is 34.2 Å². The van der Waals surface area contributed by atoms with E-state index < -0.39 is 0 Å². The topological polar surface area (TPSA) is 87.8 Å². The van der Waals surface area contributed by atoms with E-state index in [0.717, 1.165) is 28.2 Å². The maximum absolute atomic E-state index is 5.29. The van der Waals surface area contributed by atoms with Gasteiger partial charge in [-0.25, -0.2) is 4.98 Å². The first-order valence-corrected chi connectivity index (χ1v) is 9.29. The molecule has 140 valence electrons. The van der Waals surface area contributed by atoms with Gasteiger partial charge in [0.2, 0.25) is 5.95 Å². The molecule has 2 aromatic heterocycles. The molecule has 1 aliphatic rings. The standard InChI is InChI=1S/C21H20N6O/c1-28-15-6-4-5-14(11-15)22-21-23-17-8-3-2-7-16(17)20(25-21)24-19-12-18(26-27-19)13-9-10-13/h2-8,11-13H,9-10H2,1H3,(H3,22,23,24,25,26,27). The molecule has 0 aliphatic heterocycles. The lowest BCUT2D eigenvalue weighted by Gasteiger charge is -2.11. The first-order chi connectivity index (χ1) is 13.8. The Morgan fingerprint density at radius 2 is 1.89 bits per heavy atom. The zero-order chi connectivity index (χ0) is 18.9. The van der Waals surface area contributed by atoms with Crippen molar-refractivity contribution in [1.82, 2.24) is 20.2 Å². The van der Waals surface area contributed by atoms with Gasteiger partial charge in [-0.05, 0) is 37.1 Å². The molecule has 0 atom stereocenters. The summed E-state index contributed by atoms with van der Waals surface area (Å²) in [5.74, 6) is 3.37. The summed E-state index contributed by atoms with van der Waals surface area (Å²) in [6, 6.07) is 17.6. The molecular formula is C21H20N6O. The quantitative estimate of drug-likeness (QED) is 0.454. The third-order valence-electron chi connectivity index (χ3n) is 4.79. The maximum Gasteiger partial charge on any atom is 0.229 e. The molecule has 5 rings (SSSR count). The van der Waals surface area contributed by atoms with Crippen molar-refractivity contribution in [2.75, 3.05) is 17.7 Å². The Morgan fingerprint density at radius 1 is 1.00 bits per heavy atom. The van der Waals surface area contributed by atoms with Crippen molar-refractivity contribution in [1.29, 1.82) is 0 Å². The van der Waals surface area contributed by atoms with E-state index in [1.165, 1.54) is 18.5 Å². The first-order valence-electron chi connectivity index (χ1n) is 9.29. The van der Waals surface area contributed by atoms with Crippen molar-refractivity contribution in [2.45, 2.75) is 18.8 Å². The van der Waals surface area contributed by atoms with Crippen LogP contribution >= 0.6 is 0 Å². The number of para-hydroxylation sites is 1. The Labute approximate surface area is 162 Å². The molecule has 1 aliphatic carbocycles. The van der Waals surface area contributed by atoms with Crippen LogP contribution in [0.3, 0.4) is 0 Å². The minimum atomic E-state index is 0.507. The van der Waals surface area contributed by atoms with Gasteiger partial charge in [-0.1, -0.05) is 18.2 Å². The third kappa shape index (κ3) is 3.34. The number of benzene rings is 2. The zero-order valence-electron chi connectivity index (χ0n) is 15.4. The highest BCUT2D eigenvalue weighted by Crippen LogP contribution is 2.39. The van der Waals surface area contributed by atoms with Gasteiger partial charge in [-0.2, -0.15) is 10.1 Å². The summed E-state index contributed by atoms with van der Waals surface area (Å²) in [7, 11) is 1.65. The zero-order valence-corrected chi connectivity index (χ0v) is 15.4. The van der Waals surface area contributed by atoms with Gasteiger partial charge in [0.25, 0.3) is 0 Å². The van der Waals surface area contributed by atoms with Crippen LogP contribution in [0.15, 0.2) is 54.6 Å². The van der Waals surface area contributed by atoms with Crippen LogP contribution in [0.2, 0.25) is 0 Å². The Kier molecular flexibility index (Phi) is 4.05. The SMILES string of the molecule is COc1cccc(Nc2nc(Nc3cc(C4CC4)[nH]n3)c3ccccc3n2)c1. The number of aromatic nitrogens is 4. The van der Waals surface area contributed by atoms with Crippen LogP contribution in [0.4, 0.5) is 23.3 Å². The lowest BCUT2D eigenvalue weighted by atomic mass is 10.2. The van der Waals surface area contributed by atoms with E-state index >= 15 is 0 Å². The smallest absolute Gasteiger partial charge is 0.229 e. The summed E-state index contributed by atoms with van der Waals surface area (Å²) < 4.78 is 5.29. The molecule has 0 radical (unpaired) electrons. The van der Waals surface area contributed by atoms with Crippen molar-refractivity contribution in [3.8, 4) is 5.75 Å². The highest BCUT2D eigenvalue weighted by atomic mass is 16.5. The summed E-state index contributed by atoms with van der Waals surface area (Å²) in [5.41, 5.74) is 2.88.